The molecule has 0 atom stereocenters. The highest BCUT2D eigenvalue weighted by molar-refractivity contribution is 6.58. The van der Waals surface area contributed by atoms with Crippen LogP contribution in [0.15, 0.2) is 18.2 Å². The quantitative estimate of drug-likeness (QED) is 0.436. The molecule has 0 heterocycles. The Morgan fingerprint density at radius 1 is 1.31 bits per heavy atom. The first-order chi connectivity index (χ1) is 7.23. The molecule has 0 aromatic heterocycles. The van der Waals surface area contributed by atoms with E-state index in [9.17, 15) is 10.1 Å². The minimum absolute atomic E-state index is 0.00287. The molecule has 6 heteroatoms. The number of nitro groups is 1. The minimum Gasteiger partial charge on any atom is -0.423 e. The lowest BCUT2D eigenvalue weighted by atomic mass is 9.75. The Hall–Kier alpha value is -1.40. The Balaban J connectivity index is 3.39. The van der Waals surface area contributed by atoms with Crippen molar-refractivity contribution in [2.24, 2.45) is 0 Å². The van der Waals surface area contributed by atoms with Crippen molar-refractivity contribution in [3.63, 3.8) is 0 Å². The van der Waals surface area contributed by atoms with Crippen LogP contribution in [0, 0.1) is 10.1 Å². The first kappa shape index (κ1) is 12.7. The monoisotopic (exact) mass is 223 g/mol. The summed E-state index contributed by atoms with van der Waals surface area (Å²) in [5.41, 5.74) is 0.323. The Bertz CT molecular complexity index is 412. The molecule has 0 aliphatic heterocycles. The molecule has 2 N–H and O–H groups in total. The van der Waals surface area contributed by atoms with E-state index in [4.69, 9.17) is 10.0 Å². The number of hydrogen-bond donors (Lipinski definition) is 2. The first-order valence-electron chi connectivity index (χ1n) is 4.88. The molecule has 0 fully saturated rings. The third-order valence-corrected chi connectivity index (χ3v) is 2.32. The SMILES string of the molecule is CC(C)(C)c1cc(B(O)O)ccc1[N+](=O)[O-]. The molecule has 16 heavy (non-hydrogen) atoms. The van der Waals surface area contributed by atoms with Gasteiger partial charge in [0.15, 0.2) is 0 Å². The highest BCUT2D eigenvalue weighted by Crippen LogP contribution is 2.29. The van der Waals surface area contributed by atoms with Crippen molar-refractivity contribution < 1.29 is 15.0 Å². The van der Waals surface area contributed by atoms with Gasteiger partial charge < -0.3 is 10.0 Å². The largest absolute Gasteiger partial charge is 0.488 e. The van der Waals surface area contributed by atoms with E-state index in [1.807, 2.05) is 20.8 Å². The maximum absolute atomic E-state index is 10.8. The fraction of sp³-hybridized carbons (Fsp3) is 0.400. The summed E-state index contributed by atoms with van der Waals surface area (Å²) in [5, 5.41) is 28.9. The lowest BCUT2D eigenvalue weighted by Gasteiger charge is -2.19. The van der Waals surface area contributed by atoms with Crippen molar-refractivity contribution in [3.05, 3.63) is 33.9 Å². The van der Waals surface area contributed by atoms with Crippen LogP contribution in [0.5, 0.6) is 0 Å². The summed E-state index contributed by atoms with van der Waals surface area (Å²) in [4.78, 5) is 10.4. The van der Waals surface area contributed by atoms with Crippen LogP contribution < -0.4 is 5.46 Å². The molecule has 0 aliphatic rings. The zero-order chi connectivity index (χ0) is 12.5. The normalized spacial score (nSPS) is 11.3. The van der Waals surface area contributed by atoms with E-state index in [-0.39, 0.29) is 11.2 Å². The Morgan fingerprint density at radius 3 is 2.25 bits per heavy atom. The molecular weight excluding hydrogens is 209 g/mol. The fourth-order valence-electron chi connectivity index (χ4n) is 1.47. The van der Waals surface area contributed by atoms with Gasteiger partial charge in [-0.05, 0) is 10.9 Å². The first-order valence-corrected chi connectivity index (χ1v) is 4.88. The van der Waals surface area contributed by atoms with E-state index in [0.717, 1.165) is 0 Å². The summed E-state index contributed by atoms with van der Waals surface area (Å²) in [5.74, 6) is 0. The molecule has 0 saturated carbocycles. The van der Waals surface area contributed by atoms with Gasteiger partial charge >= 0.3 is 7.12 Å². The van der Waals surface area contributed by atoms with Crippen LogP contribution in [0.4, 0.5) is 5.69 Å². The van der Waals surface area contributed by atoms with Crippen LogP contribution in [0.1, 0.15) is 26.3 Å². The van der Waals surface area contributed by atoms with Crippen molar-refractivity contribution in [1.29, 1.82) is 0 Å². The number of benzene rings is 1. The van der Waals surface area contributed by atoms with Crippen LogP contribution in [0.25, 0.3) is 0 Å². The average Bonchev–Trinajstić information content (AvgIpc) is 2.15. The number of nitrogens with zero attached hydrogens (tertiary/aromatic N) is 1. The van der Waals surface area contributed by atoms with Gasteiger partial charge in [0.2, 0.25) is 0 Å². The summed E-state index contributed by atoms with van der Waals surface area (Å²) in [7, 11) is -1.61. The maximum atomic E-state index is 10.8. The second kappa shape index (κ2) is 4.23. The van der Waals surface area contributed by atoms with Crippen molar-refractivity contribution in [3.8, 4) is 0 Å². The molecule has 0 radical (unpaired) electrons. The van der Waals surface area contributed by atoms with Crippen LogP contribution in [-0.2, 0) is 5.41 Å². The zero-order valence-electron chi connectivity index (χ0n) is 9.47. The average molecular weight is 223 g/mol. The standard InChI is InChI=1S/C10H14BNO4/c1-10(2,3)8-6-7(11(13)14)4-5-9(8)12(15)16/h4-6,13-14H,1-3H3. The van der Waals surface area contributed by atoms with E-state index < -0.39 is 17.5 Å². The van der Waals surface area contributed by atoms with Crippen molar-refractivity contribution in [2.45, 2.75) is 26.2 Å². The predicted molar refractivity (Wildman–Crippen MR) is 61.6 cm³/mol. The van der Waals surface area contributed by atoms with Gasteiger partial charge in [0.1, 0.15) is 0 Å². The van der Waals surface area contributed by atoms with Gasteiger partial charge in [-0.3, -0.25) is 10.1 Å². The van der Waals surface area contributed by atoms with Crippen molar-refractivity contribution in [1.82, 2.24) is 0 Å². The van der Waals surface area contributed by atoms with E-state index >= 15 is 0 Å². The Morgan fingerprint density at radius 2 is 1.88 bits per heavy atom. The summed E-state index contributed by atoms with van der Waals surface area (Å²) >= 11 is 0. The molecule has 0 saturated heterocycles. The zero-order valence-corrected chi connectivity index (χ0v) is 9.47. The van der Waals surface area contributed by atoms with E-state index in [1.54, 1.807) is 0 Å². The van der Waals surface area contributed by atoms with Crippen LogP contribution >= 0.6 is 0 Å². The molecule has 5 nitrogen and oxygen atoms in total. The van der Waals surface area contributed by atoms with Gasteiger partial charge in [-0.1, -0.05) is 32.9 Å². The third-order valence-electron chi connectivity index (χ3n) is 2.32. The van der Waals surface area contributed by atoms with Gasteiger partial charge in [-0.2, -0.15) is 0 Å². The summed E-state index contributed by atoms with van der Waals surface area (Å²) in [6.07, 6.45) is 0. The molecule has 1 aromatic rings. The highest BCUT2D eigenvalue weighted by atomic mass is 16.6. The topological polar surface area (TPSA) is 83.6 Å². The Labute approximate surface area is 94.0 Å². The molecule has 86 valence electrons. The molecule has 0 unspecified atom stereocenters. The third kappa shape index (κ3) is 2.59. The van der Waals surface area contributed by atoms with Gasteiger partial charge in [-0.25, -0.2) is 0 Å². The molecular formula is C10H14BNO4. The van der Waals surface area contributed by atoms with E-state index in [1.165, 1.54) is 18.2 Å². The van der Waals surface area contributed by atoms with Gasteiger partial charge in [0, 0.05) is 11.6 Å². The highest BCUT2D eigenvalue weighted by Gasteiger charge is 2.26. The molecule has 1 rings (SSSR count). The molecule has 1 aromatic carbocycles. The lowest BCUT2D eigenvalue weighted by Crippen LogP contribution is -2.31. The number of rotatable bonds is 2. The summed E-state index contributed by atoms with van der Waals surface area (Å²) in [6, 6.07) is 4.11. The summed E-state index contributed by atoms with van der Waals surface area (Å²) in [6.45, 7) is 5.51. The lowest BCUT2D eigenvalue weighted by molar-refractivity contribution is -0.386. The van der Waals surface area contributed by atoms with Crippen LogP contribution in [0.2, 0.25) is 0 Å². The maximum Gasteiger partial charge on any atom is 0.488 e. The van der Waals surface area contributed by atoms with E-state index in [0.29, 0.717) is 5.56 Å². The van der Waals surface area contributed by atoms with Crippen molar-refractivity contribution in [2.75, 3.05) is 0 Å². The van der Waals surface area contributed by atoms with E-state index in [2.05, 4.69) is 0 Å². The minimum atomic E-state index is -1.61. The molecule has 0 aliphatic carbocycles. The molecule has 0 bridgehead atoms. The van der Waals surface area contributed by atoms with Gasteiger partial charge in [0.25, 0.3) is 5.69 Å². The number of nitro benzene ring substituents is 1. The second-order valence-electron chi connectivity index (χ2n) is 4.66. The Kier molecular flexibility index (Phi) is 3.35. The predicted octanol–water partition coefficient (Wildman–Crippen LogP) is 0.572. The number of hydrogen-bond acceptors (Lipinski definition) is 4. The van der Waals surface area contributed by atoms with Crippen LogP contribution in [-0.4, -0.2) is 22.1 Å². The fourth-order valence-corrected chi connectivity index (χ4v) is 1.47. The molecule has 0 spiro atoms. The van der Waals surface area contributed by atoms with Gasteiger partial charge in [0.05, 0.1) is 4.92 Å². The van der Waals surface area contributed by atoms with Gasteiger partial charge in [-0.15, -0.1) is 0 Å². The summed E-state index contributed by atoms with van der Waals surface area (Å²) < 4.78 is 0. The second-order valence-corrected chi connectivity index (χ2v) is 4.66. The smallest absolute Gasteiger partial charge is 0.423 e. The van der Waals surface area contributed by atoms with Crippen LogP contribution in [0.3, 0.4) is 0 Å². The van der Waals surface area contributed by atoms with Crippen molar-refractivity contribution >= 4 is 18.3 Å². The molecule has 0 amide bonds.